The van der Waals surface area contributed by atoms with Crippen LogP contribution in [0.3, 0.4) is 0 Å². The van der Waals surface area contributed by atoms with Gasteiger partial charge in [-0.1, -0.05) is 18.2 Å². The third-order valence-corrected chi connectivity index (χ3v) is 4.73. The molecule has 1 aliphatic heterocycles. The molecule has 0 amide bonds. The molecule has 0 saturated carbocycles. The summed E-state index contributed by atoms with van der Waals surface area (Å²) < 4.78 is 26.9. The Kier molecular flexibility index (Phi) is 3.89. The Bertz CT molecular complexity index is 514. The summed E-state index contributed by atoms with van der Waals surface area (Å²) in [5.41, 5.74) is 2.44. The van der Waals surface area contributed by atoms with Gasteiger partial charge in [-0.2, -0.15) is 12.7 Å². The molecule has 18 heavy (non-hydrogen) atoms. The number of rotatable bonds is 5. The Balaban J connectivity index is 1.90. The van der Waals surface area contributed by atoms with Gasteiger partial charge in [-0.25, -0.2) is 4.72 Å². The number of hydrogen-bond donors (Lipinski definition) is 2. The molecule has 1 aliphatic rings. The highest BCUT2D eigenvalue weighted by Crippen LogP contribution is 2.32. The molecular weight excluding hydrogens is 250 g/mol. The number of hydrogen-bond acceptors (Lipinski definition) is 3. The first-order valence-corrected chi connectivity index (χ1v) is 7.44. The Morgan fingerprint density at radius 1 is 1.39 bits per heavy atom. The van der Waals surface area contributed by atoms with Gasteiger partial charge < -0.3 is 5.32 Å². The van der Waals surface area contributed by atoms with Crippen molar-refractivity contribution in [1.82, 2.24) is 9.03 Å². The van der Waals surface area contributed by atoms with Gasteiger partial charge in [0.15, 0.2) is 0 Å². The molecule has 5 nitrogen and oxygen atoms in total. The van der Waals surface area contributed by atoms with Crippen LogP contribution >= 0.6 is 0 Å². The lowest BCUT2D eigenvalue weighted by atomic mass is 9.98. The molecule has 1 atom stereocenters. The van der Waals surface area contributed by atoms with Crippen molar-refractivity contribution in [3.8, 4) is 0 Å². The van der Waals surface area contributed by atoms with Crippen LogP contribution in [0, 0.1) is 0 Å². The summed E-state index contributed by atoms with van der Waals surface area (Å²) in [6.45, 7) is 1.34. The van der Waals surface area contributed by atoms with Crippen LogP contribution in [0.5, 0.6) is 0 Å². The van der Waals surface area contributed by atoms with Crippen molar-refractivity contribution in [3.63, 3.8) is 0 Å². The second-order valence-electron chi connectivity index (χ2n) is 4.64. The average molecular weight is 269 g/mol. The maximum atomic E-state index is 11.5. The van der Waals surface area contributed by atoms with E-state index in [1.165, 1.54) is 24.0 Å². The second kappa shape index (κ2) is 5.26. The van der Waals surface area contributed by atoms with E-state index in [0.717, 1.165) is 18.7 Å². The summed E-state index contributed by atoms with van der Waals surface area (Å²) in [6, 6.07) is 8.17. The van der Waals surface area contributed by atoms with Gasteiger partial charge in [-0.3, -0.25) is 0 Å². The highest BCUT2D eigenvalue weighted by molar-refractivity contribution is 7.87. The molecule has 0 fully saturated rings. The Morgan fingerprint density at radius 2 is 2.11 bits per heavy atom. The van der Waals surface area contributed by atoms with E-state index in [2.05, 4.69) is 22.2 Å². The SMILES string of the molecule is CN(C)S(=O)(=O)NCCC1CNc2ccccc21. The van der Waals surface area contributed by atoms with E-state index < -0.39 is 10.2 Å². The number of nitrogens with zero attached hydrogens (tertiary/aromatic N) is 1. The highest BCUT2D eigenvalue weighted by Gasteiger charge is 2.22. The molecule has 100 valence electrons. The van der Waals surface area contributed by atoms with Crippen molar-refractivity contribution < 1.29 is 8.42 Å². The Morgan fingerprint density at radius 3 is 2.83 bits per heavy atom. The van der Waals surface area contributed by atoms with Gasteiger partial charge in [0.05, 0.1) is 0 Å². The zero-order valence-corrected chi connectivity index (χ0v) is 11.5. The Hall–Kier alpha value is -1.11. The van der Waals surface area contributed by atoms with Crippen LogP contribution in [0.15, 0.2) is 24.3 Å². The van der Waals surface area contributed by atoms with Gasteiger partial charge in [0, 0.05) is 38.8 Å². The molecule has 0 aliphatic carbocycles. The average Bonchev–Trinajstić information content (AvgIpc) is 2.72. The van der Waals surface area contributed by atoms with Crippen LogP contribution < -0.4 is 10.0 Å². The fraction of sp³-hybridized carbons (Fsp3) is 0.500. The standard InChI is InChI=1S/C12H19N3O2S/c1-15(2)18(16,17)14-8-7-10-9-13-12-6-4-3-5-11(10)12/h3-6,10,13-14H,7-9H2,1-2H3. The van der Waals surface area contributed by atoms with Crippen LogP contribution in [-0.4, -0.2) is 39.9 Å². The summed E-state index contributed by atoms with van der Waals surface area (Å²) in [7, 11) is -0.259. The normalized spacial score (nSPS) is 18.7. The van der Waals surface area contributed by atoms with Gasteiger partial charge in [0.2, 0.25) is 0 Å². The number of para-hydroxylation sites is 1. The largest absolute Gasteiger partial charge is 0.384 e. The third kappa shape index (κ3) is 2.82. The maximum Gasteiger partial charge on any atom is 0.278 e. The summed E-state index contributed by atoms with van der Waals surface area (Å²) in [6.07, 6.45) is 0.803. The highest BCUT2D eigenvalue weighted by atomic mass is 32.2. The van der Waals surface area contributed by atoms with Crippen LogP contribution in [0.25, 0.3) is 0 Å². The number of anilines is 1. The molecule has 0 aromatic heterocycles. The van der Waals surface area contributed by atoms with E-state index in [1.807, 2.05) is 12.1 Å². The van der Waals surface area contributed by atoms with Crippen molar-refractivity contribution in [2.45, 2.75) is 12.3 Å². The molecule has 1 aromatic rings. The fourth-order valence-electron chi connectivity index (χ4n) is 2.11. The minimum Gasteiger partial charge on any atom is -0.384 e. The topological polar surface area (TPSA) is 61.4 Å². The van der Waals surface area contributed by atoms with Crippen LogP contribution in [0.2, 0.25) is 0 Å². The predicted octanol–water partition coefficient (Wildman–Crippen LogP) is 0.982. The number of fused-ring (bicyclic) bond motifs is 1. The van der Waals surface area contributed by atoms with E-state index in [4.69, 9.17) is 0 Å². The molecule has 0 bridgehead atoms. The lowest BCUT2D eigenvalue weighted by Crippen LogP contribution is -2.36. The van der Waals surface area contributed by atoms with Gasteiger partial charge in [0.1, 0.15) is 0 Å². The van der Waals surface area contributed by atoms with Crippen LogP contribution in [0.1, 0.15) is 17.9 Å². The summed E-state index contributed by atoms with van der Waals surface area (Å²) in [5.74, 6) is 0.381. The predicted molar refractivity (Wildman–Crippen MR) is 72.9 cm³/mol. The summed E-state index contributed by atoms with van der Waals surface area (Å²) in [4.78, 5) is 0. The molecule has 0 radical (unpaired) electrons. The lowest BCUT2D eigenvalue weighted by molar-refractivity contribution is 0.501. The molecule has 2 N–H and O–H groups in total. The summed E-state index contributed by atoms with van der Waals surface area (Å²) in [5, 5.41) is 3.33. The van der Waals surface area contributed by atoms with Crippen molar-refractivity contribution in [2.75, 3.05) is 32.5 Å². The lowest BCUT2D eigenvalue weighted by Gasteiger charge is -2.14. The molecule has 0 spiro atoms. The molecule has 0 saturated heterocycles. The van der Waals surface area contributed by atoms with Crippen molar-refractivity contribution >= 4 is 15.9 Å². The van der Waals surface area contributed by atoms with Crippen molar-refractivity contribution in [2.24, 2.45) is 0 Å². The van der Waals surface area contributed by atoms with Crippen LogP contribution in [0.4, 0.5) is 5.69 Å². The van der Waals surface area contributed by atoms with E-state index in [9.17, 15) is 8.42 Å². The van der Waals surface area contributed by atoms with E-state index in [-0.39, 0.29) is 0 Å². The van der Waals surface area contributed by atoms with E-state index in [1.54, 1.807) is 0 Å². The monoisotopic (exact) mass is 269 g/mol. The van der Waals surface area contributed by atoms with E-state index in [0.29, 0.717) is 12.5 Å². The molecule has 1 aromatic carbocycles. The fourth-order valence-corrected chi connectivity index (χ4v) is 2.74. The number of nitrogens with one attached hydrogen (secondary N) is 2. The minimum absolute atomic E-state index is 0.381. The number of benzene rings is 1. The molecule has 1 unspecified atom stereocenters. The van der Waals surface area contributed by atoms with Gasteiger partial charge in [0.25, 0.3) is 10.2 Å². The van der Waals surface area contributed by atoms with Gasteiger partial charge in [-0.15, -0.1) is 0 Å². The molecule has 1 heterocycles. The van der Waals surface area contributed by atoms with Gasteiger partial charge in [-0.05, 0) is 18.1 Å². The first-order valence-electron chi connectivity index (χ1n) is 6.00. The van der Waals surface area contributed by atoms with Crippen molar-refractivity contribution in [1.29, 1.82) is 0 Å². The molecule has 6 heteroatoms. The first kappa shape index (κ1) is 13.3. The maximum absolute atomic E-state index is 11.5. The second-order valence-corrected chi connectivity index (χ2v) is 6.60. The summed E-state index contributed by atoms with van der Waals surface area (Å²) >= 11 is 0. The zero-order valence-electron chi connectivity index (χ0n) is 10.7. The smallest absolute Gasteiger partial charge is 0.278 e. The Labute approximate surface area is 108 Å². The van der Waals surface area contributed by atoms with Crippen molar-refractivity contribution in [3.05, 3.63) is 29.8 Å². The first-order chi connectivity index (χ1) is 8.50. The van der Waals surface area contributed by atoms with Gasteiger partial charge >= 0.3 is 0 Å². The molecular formula is C12H19N3O2S. The van der Waals surface area contributed by atoms with E-state index >= 15 is 0 Å². The quantitative estimate of drug-likeness (QED) is 0.837. The van der Waals surface area contributed by atoms with Crippen LogP contribution in [-0.2, 0) is 10.2 Å². The third-order valence-electron chi connectivity index (χ3n) is 3.20. The molecule has 2 rings (SSSR count). The zero-order chi connectivity index (χ0) is 13.2. The minimum atomic E-state index is -3.30.